The van der Waals surface area contributed by atoms with Gasteiger partial charge in [0.2, 0.25) is 0 Å². The van der Waals surface area contributed by atoms with Crippen molar-refractivity contribution in [1.29, 1.82) is 0 Å². The number of pyridine rings is 1. The van der Waals surface area contributed by atoms with Gasteiger partial charge in [0.15, 0.2) is 0 Å². The molecule has 0 atom stereocenters. The number of nitrogens with zero attached hydrogens (tertiary/aromatic N) is 1. The summed E-state index contributed by atoms with van der Waals surface area (Å²) in [5, 5.41) is 2.53. The molecule has 1 N–H and O–H groups in total. The summed E-state index contributed by atoms with van der Waals surface area (Å²) in [4.78, 5) is 26.3. The average molecular weight is 318 g/mol. The fourth-order valence-corrected chi connectivity index (χ4v) is 1.72. The zero-order valence-corrected chi connectivity index (χ0v) is 12.3. The molecule has 0 unspecified atom stereocenters. The molecule has 5 nitrogen and oxygen atoms in total. The first-order valence-corrected chi connectivity index (χ1v) is 6.74. The fourth-order valence-electron chi connectivity index (χ4n) is 1.72. The molecule has 122 valence electrons. The van der Waals surface area contributed by atoms with E-state index in [4.69, 9.17) is 4.74 Å². The van der Waals surface area contributed by atoms with Crippen LogP contribution < -0.4 is 5.32 Å². The van der Waals surface area contributed by atoms with Gasteiger partial charge < -0.3 is 10.1 Å². The van der Waals surface area contributed by atoms with Crippen molar-refractivity contribution in [2.24, 2.45) is 0 Å². The lowest BCUT2D eigenvalue weighted by Gasteiger charge is -2.10. The molecule has 0 spiro atoms. The Bertz CT molecular complexity index is 545. The first-order valence-electron chi connectivity index (χ1n) is 6.74. The van der Waals surface area contributed by atoms with Gasteiger partial charge in [-0.2, -0.15) is 13.2 Å². The van der Waals surface area contributed by atoms with E-state index in [0.717, 1.165) is 12.1 Å². The largest absolute Gasteiger partial charge is 0.466 e. The van der Waals surface area contributed by atoms with E-state index >= 15 is 0 Å². The number of nitrogens with one attached hydrogen (secondary N) is 1. The number of ether oxygens (including phenoxy) is 1. The fraction of sp³-hybridized carbons (Fsp3) is 0.500. The molecule has 0 radical (unpaired) electrons. The molecule has 1 aromatic rings. The Hall–Kier alpha value is -2.12. The van der Waals surface area contributed by atoms with Crippen LogP contribution >= 0.6 is 0 Å². The van der Waals surface area contributed by atoms with Crippen LogP contribution in [0.25, 0.3) is 0 Å². The Kier molecular flexibility index (Phi) is 6.33. The van der Waals surface area contributed by atoms with Crippen LogP contribution in [0.5, 0.6) is 0 Å². The molecule has 0 aromatic carbocycles. The molecule has 1 amide bonds. The van der Waals surface area contributed by atoms with Crippen molar-refractivity contribution in [2.75, 3.05) is 13.2 Å². The number of carbonyl (C=O) groups is 2. The maximum atomic E-state index is 12.5. The molecule has 0 aliphatic rings. The second-order valence-electron chi connectivity index (χ2n) is 4.49. The molecule has 0 saturated carbocycles. The first kappa shape index (κ1) is 17.9. The number of hydrogen-bond acceptors (Lipinski definition) is 4. The number of hydrogen-bond donors (Lipinski definition) is 1. The number of rotatable bonds is 6. The van der Waals surface area contributed by atoms with Gasteiger partial charge in [-0.25, -0.2) is 4.98 Å². The standard InChI is InChI=1S/C14H17F3N2O3/c1-3-22-12(20)5-4-8-18-13(21)10-6-7-11(14(15,16)17)19-9(10)2/h6-7H,3-5,8H2,1-2H3,(H,18,21). The monoisotopic (exact) mass is 318 g/mol. The van der Waals surface area contributed by atoms with E-state index in [-0.39, 0.29) is 30.2 Å². The molecule has 22 heavy (non-hydrogen) atoms. The van der Waals surface area contributed by atoms with Crippen LogP contribution in [0.15, 0.2) is 12.1 Å². The molecule has 8 heteroatoms. The third-order valence-corrected chi connectivity index (χ3v) is 2.77. The van der Waals surface area contributed by atoms with E-state index in [0.29, 0.717) is 13.0 Å². The lowest BCUT2D eigenvalue weighted by atomic mass is 10.1. The van der Waals surface area contributed by atoms with Crippen molar-refractivity contribution >= 4 is 11.9 Å². The Balaban J connectivity index is 2.54. The second kappa shape index (κ2) is 7.77. The third kappa shape index (κ3) is 5.34. The van der Waals surface area contributed by atoms with Crippen LogP contribution in [0.3, 0.4) is 0 Å². The molecular weight excluding hydrogens is 301 g/mol. The minimum absolute atomic E-state index is 0.00211. The van der Waals surface area contributed by atoms with Crippen molar-refractivity contribution in [3.8, 4) is 0 Å². The van der Waals surface area contributed by atoms with Crippen molar-refractivity contribution in [1.82, 2.24) is 10.3 Å². The van der Waals surface area contributed by atoms with Gasteiger partial charge in [0.05, 0.1) is 17.9 Å². The van der Waals surface area contributed by atoms with Crippen molar-refractivity contribution in [3.05, 3.63) is 29.1 Å². The quantitative estimate of drug-likeness (QED) is 0.646. The third-order valence-electron chi connectivity index (χ3n) is 2.77. The smallest absolute Gasteiger partial charge is 0.433 e. The van der Waals surface area contributed by atoms with Crippen molar-refractivity contribution < 1.29 is 27.5 Å². The normalized spacial score (nSPS) is 11.1. The minimum atomic E-state index is -4.54. The Labute approximate surface area is 125 Å². The van der Waals surface area contributed by atoms with Gasteiger partial charge in [0.25, 0.3) is 5.91 Å². The van der Waals surface area contributed by atoms with Crippen LogP contribution in [0, 0.1) is 6.92 Å². The maximum Gasteiger partial charge on any atom is 0.433 e. The maximum absolute atomic E-state index is 12.5. The molecule has 1 rings (SSSR count). The Morgan fingerprint density at radius 2 is 2.00 bits per heavy atom. The number of halogens is 3. The molecule has 0 fully saturated rings. The van der Waals surface area contributed by atoms with Gasteiger partial charge in [-0.3, -0.25) is 9.59 Å². The van der Waals surface area contributed by atoms with Crippen LogP contribution in [0.4, 0.5) is 13.2 Å². The summed E-state index contributed by atoms with van der Waals surface area (Å²) in [5.41, 5.74) is -0.967. The highest BCUT2D eigenvalue weighted by Crippen LogP contribution is 2.28. The summed E-state index contributed by atoms with van der Waals surface area (Å²) in [6.07, 6.45) is -3.99. The summed E-state index contributed by atoms with van der Waals surface area (Å²) in [5.74, 6) is -0.883. The zero-order valence-electron chi connectivity index (χ0n) is 12.3. The molecule has 1 aromatic heterocycles. The summed E-state index contributed by atoms with van der Waals surface area (Å²) in [7, 11) is 0. The molecule has 0 aliphatic carbocycles. The topological polar surface area (TPSA) is 68.3 Å². The van der Waals surface area contributed by atoms with E-state index in [9.17, 15) is 22.8 Å². The van der Waals surface area contributed by atoms with Gasteiger partial charge in [-0.1, -0.05) is 0 Å². The molecule has 0 aliphatic heterocycles. The lowest BCUT2D eigenvalue weighted by Crippen LogP contribution is -2.26. The number of amides is 1. The SMILES string of the molecule is CCOC(=O)CCCNC(=O)c1ccc(C(F)(F)F)nc1C. The van der Waals surface area contributed by atoms with E-state index in [1.165, 1.54) is 6.92 Å². The van der Waals surface area contributed by atoms with Gasteiger partial charge in [-0.05, 0) is 32.4 Å². The number of aryl methyl sites for hydroxylation is 1. The predicted octanol–water partition coefficient (Wildman–Crippen LogP) is 2.48. The predicted molar refractivity (Wildman–Crippen MR) is 72.2 cm³/mol. The zero-order chi connectivity index (χ0) is 16.8. The van der Waals surface area contributed by atoms with E-state index < -0.39 is 17.8 Å². The minimum Gasteiger partial charge on any atom is -0.466 e. The highest BCUT2D eigenvalue weighted by molar-refractivity contribution is 5.95. The van der Waals surface area contributed by atoms with E-state index in [1.54, 1.807) is 6.92 Å². The van der Waals surface area contributed by atoms with E-state index in [1.807, 2.05) is 0 Å². The molecule has 0 bridgehead atoms. The summed E-state index contributed by atoms with van der Waals surface area (Å²) in [6, 6.07) is 1.85. The van der Waals surface area contributed by atoms with E-state index in [2.05, 4.69) is 10.3 Å². The number of esters is 1. The molecule has 1 heterocycles. The number of aromatic nitrogens is 1. The lowest BCUT2D eigenvalue weighted by molar-refractivity contribution is -0.143. The van der Waals surface area contributed by atoms with Gasteiger partial charge >= 0.3 is 12.1 Å². The Morgan fingerprint density at radius 1 is 1.32 bits per heavy atom. The van der Waals surface area contributed by atoms with Crippen LogP contribution in [-0.2, 0) is 15.7 Å². The Morgan fingerprint density at radius 3 is 2.55 bits per heavy atom. The highest BCUT2D eigenvalue weighted by Gasteiger charge is 2.33. The summed E-state index contributed by atoms with van der Waals surface area (Å²) >= 11 is 0. The van der Waals surface area contributed by atoms with Crippen LogP contribution in [-0.4, -0.2) is 30.0 Å². The average Bonchev–Trinajstić information content (AvgIpc) is 2.42. The number of carbonyl (C=O) groups excluding carboxylic acids is 2. The van der Waals surface area contributed by atoms with Gasteiger partial charge in [0, 0.05) is 13.0 Å². The van der Waals surface area contributed by atoms with Gasteiger partial charge in [0.1, 0.15) is 5.69 Å². The molecular formula is C14H17F3N2O3. The van der Waals surface area contributed by atoms with Gasteiger partial charge in [-0.15, -0.1) is 0 Å². The second-order valence-corrected chi connectivity index (χ2v) is 4.49. The molecule has 0 saturated heterocycles. The van der Waals surface area contributed by atoms with Crippen LogP contribution in [0.2, 0.25) is 0 Å². The summed E-state index contributed by atoms with van der Waals surface area (Å²) in [6.45, 7) is 3.54. The van der Waals surface area contributed by atoms with Crippen LogP contribution in [0.1, 0.15) is 41.5 Å². The summed E-state index contributed by atoms with van der Waals surface area (Å²) < 4.78 is 42.2. The highest BCUT2D eigenvalue weighted by atomic mass is 19.4. The van der Waals surface area contributed by atoms with Crippen molar-refractivity contribution in [2.45, 2.75) is 32.9 Å². The van der Waals surface area contributed by atoms with Crippen molar-refractivity contribution in [3.63, 3.8) is 0 Å². The number of alkyl halides is 3. The first-order chi connectivity index (χ1) is 10.3.